The molecule has 3 aromatic rings. The van der Waals surface area contributed by atoms with Gasteiger partial charge in [0.1, 0.15) is 23.9 Å². The third-order valence-corrected chi connectivity index (χ3v) is 3.74. The molecule has 0 aliphatic heterocycles. The van der Waals surface area contributed by atoms with E-state index in [9.17, 15) is 8.78 Å². The highest BCUT2D eigenvalue weighted by Crippen LogP contribution is 2.21. The number of rotatable bonds is 7. The van der Waals surface area contributed by atoms with Crippen molar-refractivity contribution in [2.24, 2.45) is 5.10 Å². The summed E-state index contributed by atoms with van der Waals surface area (Å²) in [5.74, 6) is 1.21. The van der Waals surface area contributed by atoms with Gasteiger partial charge in [0.25, 0.3) is 6.43 Å². The summed E-state index contributed by atoms with van der Waals surface area (Å²) in [6.07, 6.45) is 0.273. The second-order valence-corrected chi connectivity index (χ2v) is 5.58. The van der Waals surface area contributed by atoms with Gasteiger partial charge in [-0.2, -0.15) is 9.78 Å². The van der Waals surface area contributed by atoms with E-state index in [1.165, 1.54) is 18.0 Å². The third-order valence-electron chi connectivity index (χ3n) is 3.12. The van der Waals surface area contributed by atoms with E-state index in [0.29, 0.717) is 11.5 Å². The zero-order chi connectivity index (χ0) is 17.6. The molecule has 0 spiro atoms. The molecule has 0 aliphatic carbocycles. The Bertz CT molecular complexity index is 849. The minimum atomic E-state index is -2.77. The molecule has 3 rings (SSSR count). The lowest BCUT2D eigenvalue weighted by molar-refractivity contribution is 0.135. The van der Waals surface area contributed by atoms with Crippen LogP contribution in [-0.4, -0.2) is 27.3 Å². The van der Waals surface area contributed by atoms with Crippen LogP contribution in [0.2, 0.25) is 0 Å². The summed E-state index contributed by atoms with van der Waals surface area (Å²) in [5, 5.41) is 11.4. The van der Waals surface area contributed by atoms with Crippen LogP contribution in [0.1, 0.15) is 23.8 Å². The van der Waals surface area contributed by atoms with E-state index in [-0.39, 0.29) is 11.8 Å². The summed E-state index contributed by atoms with van der Waals surface area (Å²) in [5.41, 5.74) is 0. The van der Waals surface area contributed by atoms with Crippen molar-refractivity contribution in [1.29, 1.82) is 0 Å². The fourth-order valence-electron chi connectivity index (χ4n) is 1.98. The number of para-hydroxylation sites is 1. The van der Waals surface area contributed by atoms with Gasteiger partial charge in [-0.25, -0.2) is 8.78 Å². The van der Waals surface area contributed by atoms with Crippen molar-refractivity contribution in [3.05, 3.63) is 59.8 Å². The van der Waals surface area contributed by atoms with Gasteiger partial charge in [-0.1, -0.05) is 30.0 Å². The Balaban J connectivity index is 1.69. The SMILES string of the molecule is CSc1nnc(C(F)F)n1/N=C\c1ccc(COc2ccccc2)o1. The van der Waals surface area contributed by atoms with Gasteiger partial charge in [0, 0.05) is 0 Å². The number of aromatic nitrogens is 3. The molecular weight excluding hydrogens is 350 g/mol. The van der Waals surface area contributed by atoms with Crippen molar-refractivity contribution in [3.63, 3.8) is 0 Å². The molecule has 1 aromatic carbocycles. The first kappa shape index (κ1) is 17.2. The average molecular weight is 364 g/mol. The Morgan fingerprint density at radius 3 is 2.76 bits per heavy atom. The van der Waals surface area contributed by atoms with Gasteiger partial charge < -0.3 is 9.15 Å². The molecule has 0 unspecified atom stereocenters. The first-order chi connectivity index (χ1) is 12.2. The molecule has 0 saturated heterocycles. The van der Waals surface area contributed by atoms with E-state index in [4.69, 9.17) is 9.15 Å². The Hall–Kier alpha value is -2.68. The van der Waals surface area contributed by atoms with E-state index in [1.54, 1.807) is 18.4 Å². The Morgan fingerprint density at radius 2 is 2.04 bits per heavy atom. The number of alkyl halides is 2. The molecule has 0 fully saturated rings. The number of benzene rings is 1. The second kappa shape index (κ2) is 7.93. The molecular formula is C16H14F2N4O2S. The minimum absolute atomic E-state index is 0.253. The zero-order valence-electron chi connectivity index (χ0n) is 13.2. The molecule has 0 radical (unpaired) electrons. The topological polar surface area (TPSA) is 65.4 Å². The summed E-state index contributed by atoms with van der Waals surface area (Å²) in [4.78, 5) is 0. The highest BCUT2D eigenvalue weighted by Gasteiger charge is 2.19. The van der Waals surface area contributed by atoms with Crippen molar-refractivity contribution in [3.8, 4) is 5.75 Å². The van der Waals surface area contributed by atoms with Gasteiger partial charge in [0.15, 0.2) is 0 Å². The van der Waals surface area contributed by atoms with Crippen LogP contribution in [0.5, 0.6) is 5.75 Å². The lowest BCUT2D eigenvalue weighted by Crippen LogP contribution is -2.00. The summed E-state index contributed by atoms with van der Waals surface area (Å²) >= 11 is 1.17. The van der Waals surface area contributed by atoms with Crippen LogP contribution in [0.15, 0.2) is 57.1 Å². The third kappa shape index (κ3) is 4.24. The molecule has 0 bridgehead atoms. The largest absolute Gasteiger partial charge is 0.486 e. The number of thioether (sulfide) groups is 1. The quantitative estimate of drug-likeness (QED) is 0.468. The normalized spacial score (nSPS) is 11.5. The summed E-state index contributed by atoms with van der Waals surface area (Å²) in [7, 11) is 0. The summed E-state index contributed by atoms with van der Waals surface area (Å²) in [6.45, 7) is 0.253. The highest BCUT2D eigenvalue weighted by atomic mass is 32.2. The smallest absolute Gasteiger partial charge is 0.299 e. The Labute approximate surface area is 146 Å². The van der Waals surface area contributed by atoms with Crippen molar-refractivity contribution in [2.75, 3.05) is 6.26 Å². The molecule has 2 aromatic heterocycles. The van der Waals surface area contributed by atoms with Gasteiger partial charge in [-0.05, 0) is 30.5 Å². The van der Waals surface area contributed by atoms with E-state index in [0.717, 1.165) is 10.4 Å². The van der Waals surface area contributed by atoms with E-state index >= 15 is 0 Å². The highest BCUT2D eigenvalue weighted by molar-refractivity contribution is 7.98. The molecule has 0 N–H and O–H groups in total. The zero-order valence-corrected chi connectivity index (χ0v) is 14.0. The molecule has 25 heavy (non-hydrogen) atoms. The van der Waals surface area contributed by atoms with Crippen LogP contribution < -0.4 is 4.74 Å². The number of hydrogen-bond acceptors (Lipinski definition) is 6. The molecule has 6 nitrogen and oxygen atoms in total. The standard InChI is InChI=1S/C16H14F2N4O2S/c1-25-16-21-20-15(14(17)18)22(16)19-9-12-7-8-13(24-12)10-23-11-5-3-2-4-6-11/h2-9,14H,10H2,1H3/b19-9-. The molecule has 0 aliphatic rings. The Kier molecular flexibility index (Phi) is 5.44. The average Bonchev–Trinajstić information content (AvgIpc) is 3.25. The Morgan fingerprint density at radius 1 is 1.24 bits per heavy atom. The molecule has 9 heteroatoms. The maximum atomic E-state index is 12.9. The number of nitrogens with zero attached hydrogens (tertiary/aromatic N) is 4. The van der Waals surface area contributed by atoms with Crippen LogP contribution >= 0.6 is 11.8 Å². The van der Waals surface area contributed by atoms with Crippen LogP contribution in [0.25, 0.3) is 0 Å². The first-order valence-electron chi connectivity index (χ1n) is 7.25. The maximum Gasteiger partial charge on any atom is 0.299 e. The van der Waals surface area contributed by atoms with Crippen LogP contribution in [0, 0.1) is 0 Å². The summed E-state index contributed by atoms with van der Waals surface area (Å²) in [6, 6.07) is 12.7. The number of hydrogen-bond donors (Lipinski definition) is 0. The predicted octanol–water partition coefficient (Wildman–Crippen LogP) is 3.99. The van der Waals surface area contributed by atoms with E-state index in [1.807, 2.05) is 30.3 Å². The number of ether oxygens (including phenoxy) is 1. The van der Waals surface area contributed by atoms with Crippen molar-refractivity contribution >= 4 is 18.0 Å². The van der Waals surface area contributed by atoms with Gasteiger partial charge in [-0.15, -0.1) is 10.2 Å². The van der Waals surface area contributed by atoms with Crippen LogP contribution in [0.3, 0.4) is 0 Å². The lowest BCUT2D eigenvalue weighted by Gasteiger charge is -2.03. The number of furan rings is 1. The molecule has 0 amide bonds. The van der Waals surface area contributed by atoms with Crippen molar-refractivity contribution in [2.45, 2.75) is 18.2 Å². The van der Waals surface area contributed by atoms with E-state index in [2.05, 4.69) is 15.3 Å². The fraction of sp³-hybridized carbons (Fsp3) is 0.188. The molecule has 130 valence electrons. The first-order valence-corrected chi connectivity index (χ1v) is 8.48. The van der Waals surface area contributed by atoms with Gasteiger partial charge in [-0.3, -0.25) is 0 Å². The maximum absolute atomic E-state index is 12.9. The van der Waals surface area contributed by atoms with Gasteiger partial charge in [0.2, 0.25) is 11.0 Å². The molecule has 0 saturated carbocycles. The second-order valence-electron chi connectivity index (χ2n) is 4.81. The fourth-order valence-corrected chi connectivity index (χ4v) is 2.41. The lowest BCUT2D eigenvalue weighted by atomic mass is 10.3. The number of halogens is 2. The van der Waals surface area contributed by atoms with Crippen LogP contribution in [0.4, 0.5) is 8.78 Å². The van der Waals surface area contributed by atoms with Crippen molar-refractivity contribution < 1.29 is 17.9 Å². The molecule has 0 atom stereocenters. The monoisotopic (exact) mass is 364 g/mol. The van der Waals surface area contributed by atoms with Crippen molar-refractivity contribution in [1.82, 2.24) is 14.9 Å². The van der Waals surface area contributed by atoms with E-state index < -0.39 is 12.2 Å². The van der Waals surface area contributed by atoms with Gasteiger partial charge in [0.05, 0.1) is 6.21 Å². The van der Waals surface area contributed by atoms with Crippen LogP contribution in [-0.2, 0) is 6.61 Å². The molecule has 2 heterocycles. The minimum Gasteiger partial charge on any atom is -0.486 e. The summed E-state index contributed by atoms with van der Waals surface area (Å²) < 4.78 is 38.0. The van der Waals surface area contributed by atoms with Gasteiger partial charge >= 0.3 is 0 Å². The predicted molar refractivity (Wildman–Crippen MR) is 89.2 cm³/mol.